The standard InChI is InChI=1S/C28H26ClFN2O4/c29-20-4-3-7-23(17-20)32(28(34)19-10-13-24-25(16-19)36-15-14-35-24)26(18-8-11-21(30)12-9-18)27(33)31-22-5-1-2-6-22/h3-4,7-13,16-17,22,26H,1-2,5-6,14-15H2,(H,31,33)/t26-/m1/s1. The van der Waals surface area contributed by atoms with Crippen LogP contribution in [0.2, 0.25) is 5.02 Å². The number of carbonyl (C=O) groups excluding carboxylic acids is 2. The smallest absolute Gasteiger partial charge is 0.259 e. The largest absolute Gasteiger partial charge is 0.486 e. The van der Waals surface area contributed by atoms with E-state index in [0.717, 1.165) is 25.7 Å². The molecule has 1 saturated carbocycles. The third-order valence-corrected chi connectivity index (χ3v) is 6.72. The maximum Gasteiger partial charge on any atom is 0.259 e. The lowest BCUT2D eigenvalue weighted by Gasteiger charge is -2.33. The van der Waals surface area contributed by atoms with E-state index in [1.165, 1.54) is 29.2 Å². The number of nitrogens with one attached hydrogen (secondary N) is 1. The zero-order valence-electron chi connectivity index (χ0n) is 19.6. The number of ether oxygens (including phenoxy) is 2. The Hall–Kier alpha value is -3.58. The molecule has 1 heterocycles. The molecule has 0 spiro atoms. The van der Waals surface area contributed by atoms with Gasteiger partial charge in [0.05, 0.1) is 0 Å². The number of nitrogens with zero attached hydrogens (tertiary/aromatic N) is 1. The maximum atomic E-state index is 14.1. The highest BCUT2D eigenvalue weighted by molar-refractivity contribution is 6.31. The SMILES string of the molecule is O=C(NC1CCCC1)[C@@H](c1ccc(F)cc1)N(C(=O)c1ccc2c(c1)OCCO2)c1cccc(Cl)c1. The lowest BCUT2D eigenvalue weighted by Crippen LogP contribution is -2.46. The molecule has 3 aromatic carbocycles. The van der Waals surface area contributed by atoms with Gasteiger partial charge in [-0.15, -0.1) is 0 Å². The molecule has 1 atom stereocenters. The van der Waals surface area contributed by atoms with E-state index in [0.29, 0.717) is 46.5 Å². The van der Waals surface area contributed by atoms with Crippen molar-refractivity contribution in [2.45, 2.75) is 37.8 Å². The summed E-state index contributed by atoms with van der Waals surface area (Å²) >= 11 is 6.30. The van der Waals surface area contributed by atoms with Crippen LogP contribution in [0, 0.1) is 5.82 Å². The van der Waals surface area contributed by atoms with Crippen LogP contribution in [0.3, 0.4) is 0 Å². The number of benzene rings is 3. The van der Waals surface area contributed by atoms with Crippen molar-refractivity contribution >= 4 is 29.1 Å². The van der Waals surface area contributed by atoms with E-state index in [4.69, 9.17) is 21.1 Å². The fourth-order valence-corrected chi connectivity index (χ4v) is 4.92. The summed E-state index contributed by atoms with van der Waals surface area (Å²) in [6.45, 7) is 0.813. The van der Waals surface area contributed by atoms with Crippen LogP contribution in [0.5, 0.6) is 11.5 Å². The Kier molecular flexibility index (Phi) is 7.09. The predicted molar refractivity (Wildman–Crippen MR) is 135 cm³/mol. The van der Waals surface area contributed by atoms with Gasteiger partial charge in [-0.05, 0) is 66.9 Å². The van der Waals surface area contributed by atoms with Gasteiger partial charge in [0.25, 0.3) is 5.91 Å². The molecule has 1 N–H and O–H groups in total. The van der Waals surface area contributed by atoms with Crippen molar-refractivity contribution in [3.05, 3.63) is 88.7 Å². The fourth-order valence-electron chi connectivity index (χ4n) is 4.74. The van der Waals surface area contributed by atoms with Crippen LogP contribution >= 0.6 is 11.6 Å². The Labute approximate surface area is 214 Å². The first-order chi connectivity index (χ1) is 17.5. The van der Waals surface area contributed by atoms with Crippen molar-refractivity contribution < 1.29 is 23.5 Å². The summed E-state index contributed by atoms with van der Waals surface area (Å²) in [4.78, 5) is 29.3. The number of hydrogen-bond donors (Lipinski definition) is 1. The minimum atomic E-state index is -1.05. The average Bonchev–Trinajstić information content (AvgIpc) is 3.40. The quantitative estimate of drug-likeness (QED) is 0.464. The molecule has 2 aliphatic rings. The average molecular weight is 509 g/mol. The second kappa shape index (κ2) is 10.6. The Balaban J connectivity index is 1.60. The summed E-state index contributed by atoms with van der Waals surface area (Å²) < 4.78 is 25.1. The van der Waals surface area contributed by atoms with Gasteiger partial charge in [0, 0.05) is 22.3 Å². The Morgan fingerprint density at radius 1 is 0.944 bits per heavy atom. The van der Waals surface area contributed by atoms with Crippen molar-refractivity contribution in [2.75, 3.05) is 18.1 Å². The summed E-state index contributed by atoms with van der Waals surface area (Å²) in [6.07, 6.45) is 3.85. The lowest BCUT2D eigenvalue weighted by atomic mass is 10.0. The molecule has 1 fully saturated rings. The molecule has 0 aromatic heterocycles. The summed E-state index contributed by atoms with van der Waals surface area (Å²) in [6, 6.07) is 16.3. The van der Waals surface area contributed by atoms with Crippen molar-refractivity contribution in [2.24, 2.45) is 0 Å². The van der Waals surface area contributed by atoms with Crippen LogP contribution in [-0.4, -0.2) is 31.1 Å². The van der Waals surface area contributed by atoms with Gasteiger partial charge in [0.2, 0.25) is 5.91 Å². The summed E-state index contributed by atoms with van der Waals surface area (Å²) in [5, 5.41) is 3.53. The first-order valence-electron chi connectivity index (χ1n) is 12.0. The van der Waals surface area contributed by atoms with E-state index in [1.54, 1.807) is 42.5 Å². The Morgan fingerprint density at radius 2 is 1.67 bits per heavy atom. The Morgan fingerprint density at radius 3 is 2.39 bits per heavy atom. The van der Waals surface area contributed by atoms with E-state index in [-0.39, 0.29) is 11.9 Å². The highest BCUT2D eigenvalue weighted by atomic mass is 35.5. The highest BCUT2D eigenvalue weighted by Crippen LogP contribution is 2.35. The summed E-state index contributed by atoms with van der Waals surface area (Å²) in [5.74, 6) is -0.168. The zero-order valence-corrected chi connectivity index (χ0v) is 20.3. The number of fused-ring (bicyclic) bond motifs is 1. The van der Waals surface area contributed by atoms with Gasteiger partial charge in [-0.3, -0.25) is 14.5 Å². The van der Waals surface area contributed by atoms with Crippen LogP contribution in [0.4, 0.5) is 10.1 Å². The first-order valence-corrected chi connectivity index (χ1v) is 12.4. The first kappa shape index (κ1) is 24.1. The molecular weight excluding hydrogens is 483 g/mol. The van der Waals surface area contributed by atoms with Gasteiger partial charge in [-0.2, -0.15) is 0 Å². The van der Waals surface area contributed by atoms with Crippen LogP contribution in [0.25, 0.3) is 0 Å². The predicted octanol–water partition coefficient (Wildman–Crippen LogP) is 5.70. The number of anilines is 1. The minimum Gasteiger partial charge on any atom is -0.486 e. The molecule has 0 saturated heterocycles. The van der Waals surface area contributed by atoms with Crippen LogP contribution in [-0.2, 0) is 4.79 Å². The third-order valence-electron chi connectivity index (χ3n) is 6.49. The molecule has 5 rings (SSSR count). The maximum absolute atomic E-state index is 14.1. The molecule has 8 heteroatoms. The number of halogens is 2. The molecule has 2 amide bonds. The summed E-state index contributed by atoms with van der Waals surface area (Å²) in [5.41, 5.74) is 1.25. The Bertz CT molecular complexity index is 1260. The van der Waals surface area contributed by atoms with E-state index in [9.17, 15) is 14.0 Å². The second-order valence-corrected chi connectivity index (χ2v) is 9.39. The van der Waals surface area contributed by atoms with Crippen molar-refractivity contribution in [1.29, 1.82) is 0 Å². The molecule has 1 aliphatic carbocycles. The molecule has 36 heavy (non-hydrogen) atoms. The number of carbonyl (C=O) groups is 2. The number of hydrogen-bond acceptors (Lipinski definition) is 4. The molecule has 0 unspecified atom stereocenters. The van der Waals surface area contributed by atoms with E-state index in [2.05, 4.69) is 5.32 Å². The van der Waals surface area contributed by atoms with Gasteiger partial charge >= 0.3 is 0 Å². The van der Waals surface area contributed by atoms with E-state index >= 15 is 0 Å². The normalized spacial score (nSPS) is 15.8. The van der Waals surface area contributed by atoms with Gasteiger partial charge in [-0.1, -0.05) is 42.6 Å². The molecule has 0 radical (unpaired) electrons. The van der Waals surface area contributed by atoms with Crippen molar-refractivity contribution in [3.8, 4) is 11.5 Å². The fraction of sp³-hybridized carbons (Fsp3) is 0.286. The van der Waals surface area contributed by atoms with Gasteiger partial charge < -0.3 is 14.8 Å². The molecule has 1 aliphatic heterocycles. The van der Waals surface area contributed by atoms with Crippen LogP contribution in [0.15, 0.2) is 66.7 Å². The van der Waals surface area contributed by atoms with Gasteiger partial charge in [0.15, 0.2) is 11.5 Å². The van der Waals surface area contributed by atoms with Crippen molar-refractivity contribution in [3.63, 3.8) is 0 Å². The summed E-state index contributed by atoms with van der Waals surface area (Å²) in [7, 11) is 0. The van der Waals surface area contributed by atoms with Crippen LogP contribution in [0.1, 0.15) is 47.6 Å². The lowest BCUT2D eigenvalue weighted by molar-refractivity contribution is -0.123. The van der Waals surface area contributed by atoms with Crippen molar-refractivity contribution in [1.82, 2.24) is 5.32 Å². The zero-order chi connectivity index (χ0) is 25.1. The van der Waals surface area contributed by atoms with Crippen LogP contribution < -0.4 is 19.7 Å². The molecule has 6 nitrogen and oxygen atoms in total. The minimum absolute atomic E-state index is 0.0334. The number of rotatable bonds is 6. The highest BCUT2D eigenvalue weighted by Gasteiger charge is 2.35. The third kappa shape index (κ3) is 5.16. The van der Waals surface area contributed by atoms with Gasteiger partial charge in [0.1, 0.15) is 25.1 Å². The molecule has 0 bridgehead atoms. The topological polar surface area (TPSA) is 67.9 Å². The molecular formula is C28H26ClFN2O4. The second-order valence-electron chi connectivity index (χ2n) is 8.96. The van der Waals surface area contributed by atoms with Gasteiger partial charge in [-0.25, -0.2) is 4.39 Å². The monoisotopic (exact) mass is 508 g/mol. The van der Waals surface area contributed by atoms with E-state index in [1.807, 2.05) is 0 Å². The van der Waals surface area contributed by atoms with E-state index < -0.39 is 17.8 Å². The molecule has 186 valence electrons. The number of amides is 2. The molecule has 3 aromatic rings.